The van der Waals surface area contributed by atoms with Crippen LogP contribution in [0.15, 0.2) is 24.3 Å². The molecule has 5 rings (SSSR count). The van der Waals surface area contributed by atoms with Crippen molar-refractivity contribution < 1.29 is 9.90 Å². The first-order valence-electron chi connectivity index (χ1n) is 14.7. The van der Waals surface area contributed by atoms with Crippen LogP contribution in [-0.2, 0) is 24.2 Å². The molecule has 2 saturated heterocycles. The highest BCUT2D eigenvalue weighted by Gasteiger charge is 2.41. The third-order valence-corrected chi connectivity index (χ3v) is 9.25. The van der Waals surface area contributed by atoms with Gasteiger partial charge in [-0.05, 0) is 88.4 Å². The van der Waals surface area contributed by atoms with Gasteiger partial charge in [0, 0.05) is 43.7 Å². The van der Waals surface area contributed by atoms with E-state index in [2.05, 4.69) is 52.6 Å². The zero-order chi connectivity index (χ0) is 26.1. The molecule has 3 aliphatic rings. The number of rotatable bonds is 8. The van der Waals surface area contributed by atoms with E-state index in [1.807, 2.05) is 13.8 Å². The standard InChI is InChI=1S/C31H46N4O2/c1-5-35-30(26-11-6-7-12-28(26)32-35)23-13-15-33(16-14-23)18-25-19-34(29(21(2)3)31(36)37)20-27(25)24-10-8-9-22(4)17-24/h8-10,17,21,23,25,27,29H,5-7,11-16,18-20H2,1-4H3,(H,36,37)/t25-,27+,29+/m0/s1. The van der Waals surface area contributed by atoms with E-state index in [0.717, 1.165) is 45.7 Å². The molecule has 3 heterocycles. The van der Waals surface area contributed by atoms with Gasteiger partial charge in [-0.1, -0.05) is 43.7 Å². The van der Waals surface area contributed by atoms with Gasteiger partial charge >= 0.3 is 5.97 Å². The van der Waals surface area contributed by atoms with Crippen molar-refractivity contribution in [3.05, 3.63) is 52.3 Å². The average molecular weight is 507 g/mol. The van der Waals surface area contributed by atoms with Crippen LogP contribution in [0.2, 0.25) is 0 Å². The number of nitrogens with zero attached hydrogens (tertiary/aromatic N) is 4. The van der Waals surface area contributed by atoms with E-state index in [9.17, 15) is 9.90 Å². The molecular weight excluding hydrogens is 460 g/mol. The SMILES string of the molecule is CCn1nc2c(c1C1CCN(C[C@H]3CN([C@@H](C(=O)O)C(C)C)C[C@@H]3c3cccc(C)c3)CC1)CCCC2. The quantitative estimate of drug-likeness (QED) is 0.540. The molecule has 0 unspecified atom stereocenters. The molecule has 202 valence electrons. The van der Waals surface area contributed by atoms with E-state index in [0.29, 0.717) is 17.8 Å². The minimum atomic E-state index is -0.685. The van der Waals surface area contributed by atoms with Gasteiger partial charge in [-0.25, -0.2) is 0 Å². The Kier molecular flexibility index (Phi) is 8.06. The van der Waals surface area contributed by atoms with Crippen molar-refractivity contribution in [3.8, 4) is 0 Å². The minimum absolute atomic E-state index is 0.0968. The molecule has 0 saturated carbocycles. The Morgan fingerprint density at radius 1 is 1.14 bits per heavy atom. The maximum atomic E-state index is 12.2. The lowest BCUT2D eigenvalue weighted by atomic mass is 9.85. The minimum Gasteiger partial charge on any atom is -0.480 e. The Morgan fingerprint density at radius 3 is 2.57 bits per heavy atom. The van der Waals surface area contributed by atoms with Crippen molar-refractivity contribution in [2.24, 2.45) is 11.8 Å². The van der Waals surface area contributed by atoms with Crippen LogP contribution in [0.5, 0.6) is 0 Å². The summed E-state index contributed by atoms with van der Waals surface area (Å²) >= 11 is 0. The Morgan fingerprint density at radius 2 is 1.89 bits per heavy atom. The molecule has 2 aliphatic heterocycles. The van der Waals surface area contributed by atoms with Crippen LogP contribution < -0.4 is 0 Å². The Hall–Kier alpha value is -2.18. The number of aliphatic carboxylic acids is 1. The number of likely N-dealkylation sites (tertiary alicyclic amines) is 2. The summed E-state index contributed by atoms with van der Waals surface area (Å²) in [6.45, 7) is 14.4. The summed E-state index contributed by atoms with van der Waals surface area (Å²) in [7, 11) is 0. The fourth-order valence-corrected chi connectivity index (χ4v) is 7.51. The number of hydrogen-bond donors (Lipinski definition) is 1. The van der Waals surface area contributed by atoms with Gasteiger partial charge in [0.15, 0.2) is 0 Å². The first-order valence-corrected chi connectivity index (χ1v) is 14.7. The highest BCUT2D eigenvalue weighted by molar-refractivity contribution is 5.73. The molecule has 1 aromatic carbocycles. The normalized spacial score (nSPS) is 24.5. The number of fused-ring (bicyclic) bond motifs is 1. The number of carboxylic acid groups (broad SMARTS) is 1. The summed E-state index contributed by atoms with van der Waals surface area (Å²) < 4.78 is 2.32. The number of aromatic nitrogens is 2. The lowest BCUT2D eigenvalue weighted by Gasteiger charge is -2.35. The summed E-state index contributed by atoms with van der Waals surface area (Å²) in [5, 5.41) is 15.0. The lowest BCUT2D eigenvalue weighted by molar-refractivity contribution is -0.144. The lowest BCUT2D eigenvalue weighted by Crippen LogP contribution is -2.44. The number of carboxylic acids is 1. The second-order valence-electron chi connectivity index (χ2n) is 12.2. The van der Waals surface area contributed by atoms with Crippen LogP contribution in [0.25, 0.3) is 0 Å². The van der Waals surface area contributed by atoms with Crippen molar-refractivity contribution in [1.82, 2.24) is 19.6 Å². The maximum Gasteiger partial charge on any atom is 0.321 e. The van der Waals surface area contributed by atoms with Crippen molar-refractivity contribution in [1.29, 1.82) is 0 Å². The molecule has 0 amide bonds. The molecule has 6 nitrogen and oxygen atoms in total. The second kappa shape index (κ2) is 11.3. The summed E-state index contributed by atoms with van der Waals surface area (Å²) in [5.41, 5.74) is 7.14. The first-order chi connectivity index (χ1) is 17.9. The van der Waals surface area contributed by atoms with Gasteiger partial charge in [0.2, 0.25) is 0 Å². The molecular formula is C31H46N4O2. The van der Waals surface area contributed by atoms with Gasteiger partial charge in [0.1, 0.15) is 6.04 Å². The van der Waals surface area contributed by atoms with Crippen LogP contribution in [0.4, 0.5) is 0 Å². The van der Waals surface area contributed by atoms with E-state index in [1.54, 1.807) is 11.3 Å². The van der Waals surface area contributed by atoms with Crippen LogP contribution in [0.3, 0.4) is 0 Å². The third kappa shape index (κ3) is 5.51. The summed E-state index contributed by atoms with van der Waals surface area (Å²) in [6.07, 6.45) is 7.36. The predicted molar refractivity (Wildman–Crippen MR) is 148 cm³/mol. The number of piperidine rings is 1. The molecule has 6 heteroatoms. The monoisotopic (exact) mass is 506 g/mol. The first kappa shape index (κ1) is 26.4. The van der Waals surface area contributed by atoms with Crippen LogP contribution in [0, 0.1) is 18.8 Å². The molecule has 0 spiro atoms. The van der Waals surface area contributed by atoms with Gasteiger partial charge in [-0.2, -0.15) is 5.10 Å². The van der Waals surface area contributed by atoms with E-state index >= 15 is 0 Å². The van der Waals surface area contributed by atoms with Crippen LogP contribution in [0.1, 0.15) is 86.4 Å². The maximum absolute atomic E-state index is 12.2. The zero-order valence-electron chi connectivity index (χ0n) is 23.3. The topological polar surface area (TPSA) is 61.6 Å². The number of benzene rings is 1. The molecule has 37 heavy (non-hydrogen) atoms. The Labute approximate surface area is 223 Å². The Balaban J connectivity index is 1.29. The fraction of sp³-hybridized carbons (Fsp3) is 0.677. The average Bonchev–Trinajstić information content (AvgIpc) is 3.45. The summed E-state index contributed by atoms with van der Waals surface area (Å²) in [6, 6.07) is 8.46. The van der Waals surface area contributed by atoms with Gasteiger partial charge in [0.25, 0.3) is 0 Å². The van der Waals surface area contributed by atoms with Crippen molar-refractivity contribution in [3.63, 3.8) is 0 Å². The van der Waals surface area contributed by atoms with Crippen molar-refractivity contribution in [2.45, 2.75) is 90.6 Å². The van der Waals surface area contributed by atoms with E-state index in [4.69, 9.17) is 5.10 Å². The summed E-state index contributed by atoms with van der Waals surface area (Å²) in [4.78, 5) is 17.1. The third-order valence-electron chi connectivity index (χ3n) is 9.25. The van der Waals surface area contributed by atoms with Gasteiger partial charge in [0.05, 0.1) is 5.69 Å². The molecule has 2 aromatic rings. The molecule has 0 bridgehead atoms. The number of carbonyl (C=O) groups is 1. The highest BCUT2D eigenvalue weighted by Crippen LogP contribution is 2.38. The molecule has 1 aliphatic carbocycles. The van der Waals surface area contributed by atoms with Crippen LogP contribution in [-0.4, -0.2) is 69.4 Å². The van der Waals surface area contributed by atoms with Crippen LogP contribution >= 0.6 is 0 Å². The molecule has 1 aromatic heterocycles. The number of aryl methyl sites for hydroxylation is 3. The molecule has 0 radical (unpaired) electrons. The summed E-state index contributed by atoms with van der Waals surface area (Å²) in [5.74, 6) is 0.866. The van der Waals surface area contributed by atoms with E-state index in [-0.39, 0.29) is 5.92 Å². The van der Waals surface area contributed by atoms with Gasteiger partial charge < -0.3 is 10.0 Å². The largest absolute Gasteiger partial charge is 0.480 e. The fourth-order valence-electron chi connectivity index (χ4n) is 7.51. The van der Waals surface area contributed by atoms with E-state index < -0.39 is 12.0 Å². The zero-order valence-corrected chi connectivity index (χ0v) is 23.3. The molecule has 3 atom stereocenters. The second-order valence-corrected chi connectivity index (χ2v) is 12.2. The Bertz CT molecular complexity index is 1080. The van der Waals surface area contributed by atoms with E-state index in [1.165, 1.54) is 48.9 Å². The predicted octanol–water partition coefficient (Wildman–Crippen LogP) is 5.09. The number of hydrogen-bond acceptors (Lipinski definition) is 4. The smallest absolute Gasteiger partial charge is 0.321 e. The van der Waals surface area contributed by atoms with Gasteiger partial charge in [-0.3, -0.25) is 14.4 Å². The van der Waals surface area contributed by atoms with Crippen molar-refractivity contribution >= 4 is 5.97 Å². The molecule has 1 N–H and O–H groups in total. The van der Waals surface area contributed by atoms with Crippen molar-refractivity contribution in [2.75, 3.05) is 32.7 Å². The highest BCUT2D eigenvalue weighted by atomic mass is 16.4. The van der Waals surface area contributed by atoms with Gasteiger partial charge in [-0.15, -0.1) is 0 Å². The molecule has 2 fully saturated rings.